The highest BCUT2D eigenvalue weighted by atomic mass is 32.1. The second-order valence-corrected chi connectivity index (χ2v) is 3.97. The SMILES string of the molecule is NC(=S)CCc1ccc2c(c1)OCCO2. The van der Waals surface area contributed by atoms with Crippen LogP contribution in [0.2, 0.25) is 0 Å². The molecule has 3 nitrogen and oxygen atoms in total. The molecule has 1 aromatic carbocycles. The molecule has 0 atom stereocenters. The molecule has 1 aliphatic rings. The molecule has 0 spiro atoms. The topological polar surface area (TPSA) is 44.5 Å². The van der Waals surface area contributed by atoms with E-state index in [1.54, 1.807) is 0 Å². The van der Waals surface area contributed by atoms with Crippen LogP contribution >= 0.6 is 12.2 Å². The van der Waals surface area contributed by atoms with Gasteiger partial charge in [0.15, 0.2) is 11.5 Å². The number of benzene rings is 1. The van der Waals surface area contributed by atoms with Gasteiger partial charge in [-0.2, -0.15) is 0 Å². The van der Waals surface area contributed by atoms with Crippen LogP contribution in [0, 0.1) is 0 Å². The largest absolute Gasteiger partial charge is 0.486 e. The molecule has 0 saturated heterocycles. The van der Waals surface area contributed by atoms with Crippen molar-refractivity contribution in [2.75, 3.05) is 13.2 Å². The van der Waals surface area contributed by atoms with Crippen LogP contribution in [0.4, 0.5) is 0 Å². The van der Waals surface area contributed by atoms with Crippen LogP contribution in [-0.4, -0.2) is 18.2 Å². The first-order valence-electron chi connectivity index (χ1n) is 4.92. The maximum absolute atomic E-state index is 5.48. The molecule has 2 rings (SSSR count). The number of aryl methyl sites for hydroxylation is 1. The molecule has 1 aromatic rings. The minimum Gasteiger partial charge on any atom is -0.486 e. The lowest BCUT2D eigenvalue weighted by Crippen LogP contribution is -2.15. The minimum atomic E-state index is 0.546. The van der Waals surface area contributed by atoms with Crippen molar-refractivity contribution in [3.05, 3.63) is 23.8 Å². The van der Waals surface area contributed by atoms with Crippen LogP contribution in [0.15, 0.2) is 18.2 Å². The lowest BCUT2D eigenvalue weighted by molar-refractivity contribution is 0.171. The average Bonchev–Trinajstić information content (AvgIpc) is 2.26. The summed E-state index contributed by atoms with van der Waals surface area (Å²) in [6.45, 7) is 1.24. The number of nitrogens with two attached hydrogens (primary N) is 1. The summed E-state index contributed by atoms with van der Waals surface area (Å²) in [6, 6.07) is 5.95. The summed E-state index contributed by atoms with van der Waals surface area (Å²) in [7, 11) is 0. The van der Waals surface area contributed by atoms with Crippen LogP contribution in [0.3, 0.4) is 0 Å². The Bertz CT molecular complexity index is 379. The van der Waals surface area contributed by atoms with Crippen LogP contribution in [0.5, 0.6) is 11.5 Å². The van der Waals surface area contributed by atoms with Gasteiger partial charge in [-0.15, -0.1) is 0 Å². The fourth-order valence-electron chi connectivity index (χ4n) is 1.51. The van der Waals surface area contributed by atoms with Gasteiger partial charge in [0, 0.05) is 6.42 Å². The third kappa shape index (κ3) is 2.59. The molecule has 2 N–H and O–H groups in total. The zero-order valence-corrected chi connectivity index (χ0v) is 9.18. The van der Waals surface area contributed by atoms with E-state index < -0.39 is 0 Å². The van der Waals surface area contributed by atoms with Gasteiger partial charge >= 0.3 is 0 Å². The van der Waals surface area contributed by atoms with Crippen molar-refractivity contribution in [1.29, 1.82) is 0 Å². The highest BCUT2D eigenvalue weighted by Gasteiger charge is 2.11. The molecule has 0 bridgehead atoms. The smallest absolute Gasteiger partial charge is 0.161 e. The van der Waals surface area contributed by atoms with Crippen molar-refractivity contribution in [3.8, 4) is 11.5 Å². The Morgan fingerprint density at radius 2 is 2.00 bits per heavy atom. The summed E-state index contributed by atoms with van der Waals surface area (Å²) >= 11 is 4.84. The summed E-state index contributed by atoms with van der Waals surface area (Å²) in [4.78, 5) is 0.546. The maximum Gasteiger partial charge on any atom is 0.161 e. The Morgan fingerprint density at radius 1 is 1.27 bits per heavy atom. The van der Waals surface area contributed by atoms with Crippen molar-refractivity contribution >= 4 is 17.2 Å². The van der Waals surface area contributed by atoms with E-state index in [1.807, 2.05) is 18.2 Å². The summed E-state index contributed by atoms with van der Waals surface area (Å²) < 4.78 is 10.9. The highest BCUT2D eigenvalue weighted by molar-refractivity contribution is 7.80. The average molecular weight is 223 g/mol. The summed E-state index contributed by atoms with van der Waals surface area (Å²) in [5.41, 5.74) is 6.63. The van der Waals surface area contributed by atoms with Gasteiger partial charge in [0.25, 0.3) is 0 Å². The number of rotatable bonds is 3. The van der Waals surface area contributed by atoms with E-state index in [9.17, 15) is 0 Å². The van der Waals surface area contributed by atoms with Gasteiger partial charge in [0.1, 0.15) is 13.2 Å². The van der Waals surface area contributed by atoms with E-state index in [0.29, 0.717) is 18.2 Å². The highest BCUT2D eigenvalue weighted by Crippen LogP contribution is 2.30. The van der Waals surface area contributed by atoms with E-state index in [2.05, 4.69) is 0 Å². The molecule has 1 heterocycles. The fraction of sp³-hybridized carbons (Fsp3) is 0.364. The molecule has 0 aliphatic carbocycles. The molecular weight excluding hydrogens is 210 g/mol. The Kier molecular flexibility index (Phi) is 3.06. The molecule has 1 aliphatic heterocycles. The molecule has 0 saturated carbocycles. The Balaban J connectivity index is 2.10. The van der Waals surface area contributed by atoms with E-state index >= 15 is 0 Å². The Hall–Kier alpha value is -1.29. The molecule has 0 aromatic heterocycles. The quantitative estimate of drug-likeness (QED) is 0.792. The first-order chi connectivity index (χ1) is 7.25. The Morgan fingerprint density at radius 3 is 2.73 bits per heavy atom. The number of thiocarbonyl (C=S) groups is 1. The maximum atomic E-state index is 5.48. The van der Waals surface area contributed by atoms with Crippen LogP contribution in [0.1, 0.15) is 12.0 Å². The zero-order chi connectivity index (χ0) is 10.7. The van der Waals surface area contributed by atoms with Crippen LogP contribution in [-0.2, 0) is 6.42 Å². The van der Waals surface area contributed by atoms with Crippen LogP contribution in [0.25, 0.3) is 0 Å². The van der Waals surface area contributed by atoms with Crippen molar-refractivity contribution in [1.82, 2.24) is 0 Å². The Labute approximate surface area is 94.2 Å². The van der Waals surface area contributed by atoms with Crippen molar-refractivity contribution in [2.45, 2.75) is 12.8 Å². The van der Waals surface area contributed by atoms with Gasteiger partial charge in [-0.1, -0.05) is 18.3 Å². The number of fused-ring (bicyclic) bond motifs is 1. The van der Waals surface area contributed by atoms with Gasteiger partial charge in [0.2, 0.25) is 0 Å². The lowest BCUT2D eigenvalue weighted by atomic mass is 10.1. The normalized spacial score (nSPS) is 13.6. The number of hydrogen-bond donors (Lipinski definition) is 1. The predicted molar refractivity (Wildman–Crippen MR) is 62.5 cm³/mol. The summed E-state index contributed by atoms with van der Waals surface area (Å²) in [5, 5.41) is 0. The first kappa shape index (κ1) is 10.2. The molecule has 15 heavy (non-hydrogen) atoms. The minimum absolute atomic E-state index is 0.546. The second-order valence-electron chi connectivity index (χ2n) is 3.44. The van der Waals surface area contributed by atoms with Crippen molar-refractivity contribution in [3.63, 3.8) is 0 Å². The summed E-state index contributed by atoms with van der Waals surface area (Å²) in [6.07, 6.45) is 1.58. The predicted octanol–water partition coefficient (Wildman–Crippen LogP) is 1.68. The van der Waals surface area contributed by atoms with Gasteiger partial charge < -0.3 is 15.2 Å². The van der Waals surface area contributed by atoms with E-state index in [0.717, 1.165) is 24.3 Å². The molecule has 0 unspecified atom stereocenters. The number of hydrogen-bond acceptors (Lipinski definition) is 3. The number of ether oxygens (including phenoxy) is 2. The van der Waals surface area contributed by atoms with Crippen molar-refractivity contribution < 1.29 is 9.47 Å². The monoisotopic (exact) mass is 223 g/mol. The third-order valence-corrected chi connectivity index (χ3v) is 2.47. The zero-order valence-electron chi connectivity index (χ0n) is 8.36. The standard InChI is InChI=1S/C11H13NO2S/c12-11(15)4-2-8-1-3-9-10(7-8)14-6-5-13-9/h1,3,7H,2,4-6H2,(H2,12,15). The fourth-order valence-corrected chi connectivity index (χ4v) is 1.61. The van der Waals surface area contributed by atoms with Gasteiger partial charge in [-0.05, 0) is 24.1 Å². The molecule has 4 heteroatoms. The molecule has 0 radical (unpaired) electrons. The molecule has 0 fully saturated rings. The first-order valence-corrected chi connectivity index (χ1v) is 5.33. The third-order valence-electron chi connectivity index (χ3n) is 2.27. The van der Waals surface area contributed by atoms with Gasteiger partial charge in [0.05, 0.1) is 4.99 Å². The van der Waals surface area contributed by atoms with Gasteiger partial charge in [-0.25, -0.2) is 0 Å². The molecule has 80 valence electrons. The summed E-state index contributed by atoms with van der Waals surface area (Å²) in [5.74, 6) is 1.64. The van der Waals surface area contributed by atoms with E-state index in [4.69, 9.17) is 27.4 Å². The van der Waals surface area contributed by atoms with Crippen LogP contribution < -0.4 is 15.2 Å². The van der Waals surface area contributed by atoms with E-state index in [-0.39, 0.29) is 0 Å². The van der Waals surface area contributed by atoms with E-state index in [1.165, 1.54) is 5.56 Å². The molecular formula is C11H13NO2S. The molecule has 0 amide bonds. The van der Waals surface area contributed by atoms with Gasteiger partial charge in [-0.3, -0.25) is 0 Å². The lowest BCUT2D eigenvalue weighted by Gasteiger charge is -2.18. The second kappa shape index (κ2) is 4.49. The van der Waals surface area contributed by atoms with Crippen molar-refractivity contribution in [2.24, 2.45) is 5.73 Å².